The highest BCUT2D eigenvalue weighted by atomic mass is 79.9. The predicted octanol–water partition coefficient (Wildman–Crippen LogP) is 4.39. The van der Waals surface area contributed by atoms with Gasteiger partial charge in [-0.05, 0) is 35.2 Å². The molecule has 0 unspecified atom stereocenters. The molecular weight excluding hydrogens is 376 g/mol. The molecule has 3 aromatic carbocycles. The van der Waals surface area contributed by atoms with Gasteiger partial charge in [0.05, 0.1) is 5.41 Å². The SMILES string of the molecule is OC(O)[C@@]1(c2ccc(Br)cc2)CC1(c1ccccc1)c1ccccc1. The van der Waals surface area contributed by atoms with Crippen molar-refractivity contribution < 1.29 is 10.2 Å². The first-order valence-electron chi connectivity index (χ1n) is 8.34. The first-order chi connectivity index (χ1) is 12.1. The van der Waals surface area contributed by atoms with Gasteiger partial charge in [0, 0.05) is 9.89 Å². The summed E-state index contributed by atoms with van der Waals surface area (Å²) in [5, 5.41) is 20.9. The van der Waals surface area contributed by atoms with E-state index in [1.165, 1.54) is 0 Å². The molecule has 0 radical (unpaired) electrons. The average Bonchev–Trinajstić information content (AvgIpc) is 3.37. The van der Waals surface area contributed by atoms with E-state index in [9.17, 15) is 10.2 Å². The van der Waals surface area contributed by atoms with Crippen LogP contribution in [0, 0.1) is 0 Å². The Kier molecular flexibility index (Phi) is 4.03. The predicted molar refractivity (Wildman–Crippen MR) is 102 cm³/mol. The van der Waals surface area contributed by atoms with Gasteiger partial charge in [-0.1, -0.05) is 88.7 Å². The van der Waals surface area contributed by atoms with Crippen molar-refractivity contribution in [3.63, 3.8) is 0 Å². The second-order valence-corrected chi connectivity index (χ2v) is 7.58. The molecule has 1 aliphatic carbocycles. The molecule has 126 valence electrons. The van der Waals surface area contributed by atoms with Crippen LogP contribution in [0.1, 0.15) is 23.1 Å². The van der Waals surface area contributed by atoms with Crippen molar-refractivity contribution in [1.82, 2.24) is 0 Å². The Morgan fingerprint density at radius 3 is 1.60 bits per heavy atom. The molecule has 1 fully saturated rings. The van der Waals surface area contributed by atoms with Gasteiger partial charge >= 0.3 is 0 Å². The van der Waals surface area contributed by atoms with Gasteiger partial charge in [-0.3, -0.25) is 0 Å². The van der Waals surface area contributed by atoms with Crippen molar-refractivity contribution in [3.8, 4) is 0 Å². The van der Waals surface area contributed by atoms with E-state index >= 15 is 0 Å². The van der Waals surface area contributed by atoms with Crippen LogP contribution in [-0.2, 0) is 10.8 Å². The van der Waals surface area contributed by atoms with Gasteiger partial charge in [0.1, 0.15) is 0 Å². The lowest BCUT2D eigenvalue weighted by molar-refractivity contribution is -0.0742. The molecule has 0 spiro atoms. The van der Waals surface area contributed by atoms with E-state index < -0.39 is 17.1 Å². The van der Waals surface area contributed by atoms with Crippen LogP contribution in [0.3, 0.4) is 0 Å². The Bertz CT molecular complexity index is 820. The minimum Gasteiger partial charge on any atom is -0.367 e. The Hall–Kier alpha value is -1.94. The Balaban J connectivity index is 1.95. The smallest absolute Gasteiger partial charge is 0.162 e. The van der Waals surface area contributed by atoms with Crippen LogP contribution in [0.25, 0.3) is 0 Å². The zero-order chi connectivity index (χ0) is 17.5. The summed E-state index contributed by atoms with van der Waals surface area (Å²) in [6.45, 7) is 0. The maximum atomic E-state index is 10.5. The Labute approximate surface area is 155 Å². The first-order valence-corrected chi connectivity index (χ1v) is 9.14. The minimum absolute atomic E-state index is 0.447. The van der Waals surface area contributed by atoms with Gasteiger partial charge in [-0.15, -0.1) is 0 Å². The van der Waals surface area contributed by atoms with Gasteiger partial charge in [0.15, 0.2) is 6.29 Å². The van der Waals surface area contributed by atoms with Gasteiger partial charge in [0.25, 0.3) is 0 Å². The summed E-state index contributed by atoms with van der Waals surface area (Å²) in [5.41, 5.74) is 1.96. The van der Waals surface area contributed by atoms with Gasteiger partial charge < -0.3 is 10.2 Å². The lowest BCUT2D eigenvalue weighted by Gasteiger charge is -2.29. The van der Waals surface area contributed by atoms with Crippen molar-refractivity contribution in [2.24, 2.45) is 0 Å². The number of hydrogen-bond acceptors (Lipinski definition) is 2. The molecule has 0 aliphatic heterocycles. The minimum atomic E-state index is -1.45. The van der Waals surface area contributed by atoms with E-state index in [1.807, 2.05) is 60.7 Å². The summed E-state index contributed by atoms with van der Waals surface area (Å²) >= 11 is 3.46. The maximum absolute atomic E-state index is 10.5. The monoisotopic (exact) mass is 394 g/mol. The molecule has 3 aromatic rings. The molecule has 2 N–H and O–H groups in total. The zero-order valence-corrected chi connectivity index (χ0v) is 15.2. The summed E-state index contributed by atoms with van der Waals surface area (Å²) in [7, 11) is 0. The van der Waals surface area contributed by atoms with Crippen LogP contribution in [0.5, 0.6) is 0 Å². The maximum Gasteiger partial charge on any atom is 0.162 e. The second-order valence-electron chi connectivity index (χ2n) is 6.67. The summed E-state index contributed by atoms with van der Waals surface area (Å²) < 4.78 is 0.976. The van der Waals surface area contributed by atoms with Crippen molar-refractivity contribution in [2.45, 2.75) is 23.5 Å². The summed E-state index contributed by atoms with van der Waals surface area (Å²) in [5.74, 6) is 0. The molecular formula is C22H19BrO2. The number of aliphatic hydroxyl groups excluding tert-OH is 1. The quantitative estimate of drug-likeness (QED) is 0.644. The number of benzene rings is 3. The molecule has 1 aliphatic rings. The van der Waals surface area contributed by atoms with E-state index in [2.05, 4.69) is 40.2 Å². The molecule has 1 saturated carbocycles. The highest BCUT2D eigenvalue weighted by molar-refractivity contribution is 9.10. The van der Waals surface area contributed by atoms with Crippen LogP contribution in [0.15, 0.2) is 89.4 Å². The van der Waals surface area contributed by atoms with Crippen molar-refractivity contribution >= 4 is 15.9 Å². The number of halogens is 1. The zero-order valence-electron chi connectivity index (χ0n) is 13.6. The molecule has 25 heavy (non-hydrogen) atoms. The van der Waals surface area contributed by atoms with E-state index in [1.54, 1.807) is 0 Å². The third-order valence-corrected chi connectivity index (χ3v) is 6.04. The lowest BCUT2D eigenvalue weighted by Crippen LogP contribution is -2.35. The Morgan fingerprint density at radius 1 is 0.680 bits per heavy atom. The van der Waals surface area contributed by atoms with E-state index in [4.69, 9.17) is 0 Å². The Morgan fingerprint density at radius 2 is 1.16 bits per heavy atom. The van der Waals surface area contributed by atoms with Crippen molar-refractivity contribution in [3.05, 3.63) is 106 Å². The van der Waals surface area contributed by atoms with Crippen molar-refractivity contribution in [1.29, 1.82) is 0 Å². The fourth-order valence-electron chi connectivity index (χ4n) is 4.26. The third-order valence-electron chi connectivity index (χ3n) is 5.51. The van der Waals surface area contributed by atoms with E-state index in [0.29, 0.717) is 6.42 Å². The van der Waals surface area contributed by atoms with Crippen LogP contribution >= 0.6 is 15.9 Å². The van der Waals surface area contributed by atoms with Crippen molar-refractivity contribution in [2.75, 3.05) is 0 Å². The van der Waals surface area contributed by atoms with Crippen LogP contribution in [0.4, 0.5) is 0 Å². The number of hydrogen-bond donors (Lipinski definition) is 2. The van der Waals surface area contributed by atoms with Gasteiger partial charge in [0.2, 0.25) is 0 Å². The largest absolute Gasteiger partial charge is 0.367 e. The molecule has 2 nitrogen and oxygen atoms in total. The van der Waals surface area contributed by atoms with E-state index in [0.717, 1.165) is 21.2 Å². The van der Waals surface area contributed by atoms with Crippen LogP contribution < -0.4 is 0 Å². The van der Waals surface area contributed by atoms with Gasteiger partial charge in [-0.2, -0.15) is 0 Å². The molecule has 0 bridgehead atoms. The topological polar surface area (TPSA) is 40.5 Å². The molecule has 0 heterocycles. The highest BCUT2D eigenvalue weighted by Gasteiger charge is 2.73. The standard InChI is InChI=1S/C22H19BrO2/c23-19-13-11-18(12-14-19)22(20(24)25)15-21(22,16-7-3-1-4-8-16)17-9-5-2-6-10-17/h1-14,20,24-25H,15H2/t22-/m0/s1. The molecule has 1 atom stereocenters. The van der Waals surface area contributed by atoms with E-state index in [-0.39, 0.29) is 0 Å². The summed E-state index contributed by atoms with van der Waals surface area (Å²) in [6, 6.07) is 28.2. The molecule has 0 aromatic heterocycles. The summed E-state index contributed by atoms with van der Waals surface area (Å²) in [6.07, 6.45) is -0.790. The fraction of sp³-hybridized carbons (Fsp3) is 0.182. The molecule has 0 saturated heterocycles. The normalized spacial score (nSPS) is 21.3. The van der Waals surface area contributed by atoms with Gasteiger partial charge in [-0.25, -0.2) is 0 Å². The number of aliphatic hydroxyl groups is 2. The third kappa shape index (κ3) is 2.38. The average molecular weight is 395 g/mol. The van der Waals surface area contributed by atoms with Crippen LogP contribution in [0.2, 0.25) is 0 Å². The summed E-state index contributed by atoms with van der Waals surface area (Å²) in [4.78, 5) is 0. The lowest BCUT2D eigenvalue weighted by atomic mass is 9.76. The molecule has 4 rings (SSSR count). The highest BCUT2D eigenvalue weighted by Crippen LogP contribution is 2.70. The second kappa shape index (κ2) is 6.10. The molecule has 3 heteroatoms. The molecule has 0 amide bonds. The number of rotatable bonds is 4. The fourth-order valence-corrected chi connectivity index (χ4v) is 4.53. The first kappa shape index (κ1) is 16.5. The van der Waals surface area contributed by atoms with Crippen LogP contribution in [-0.4, -0.2) is 16.5 Å².